The van der Waals surface area contributed by atoms with E-state index in [-0.39, 0.29) is 10.9 Å². The number of hydrogen-bond acceptors (Lipinski definition) is 4. The van der Waals surface area contributed by atoms with E-state index in [2.05, 4.69) is 10.3 Å². The van der Waals surface area contributed by atoms with E-state index in [9.17, 15) is 32.3 Å². The van der Waals surface area contributed by atoms with Crippen molar-refractivity contribution in [2.24, 2.45) is 0 Å². The van der Waals surface area contributed by atoms with E-state index in [0.717, 1.165) is 10.6 Å². The third kappa shape index (κ3) is 4.18. The van der Waals surface area contributed by atoms with Crippen molar-refractivity contribution in [2.45, 2.75) is 6.54 Å². The van der Waals surface area contributed by atoms with Gasteiger partial charge in [0.25, 0.3) is 5.56 Å². The van der Waals surface area contributed by atoms with Crippen LogP contribution in [0, 0.1) is 17.5 Å². The first-order valence-electron chi connectivity index (χ1n) is 8.20. The first-order chi connectivity index (χ1) is 13.8. The zero-order chi connectivity index (χ0) is 21.1. The highest BCUT2D eigenvalue weighted by Gasteiger charge is 2.16. The van der Waals surface area contributed by atoms with Crippen molar-refractivity contribution in [1.29, 1.82) is 0 Å². The molecule has 3 rings (SSSR count). The SMILES string of the molecule is O=C(Cn1c(=O)[nH]c(=O)c2ccccc21)NCC(=O)Nc1ccc(F)c(F)c1F. The van der Waals surface area contributed by atoms with Gasteiger partial charge >= 0.3 is 5.69 Å². The Morgan fingerprint density at radius 1 is 0.966 bits per heavy atom. The van der Waals surface area contributed by atoms with Gasteiger partial charge in [-0.1, -0.05) is 12.1 Å². The fraction of sp³-hybridized carbons (Fsp3) is 0.111. The van der Waals surface area contributed by atoms with Gasteiger partial charge in [-0.05, 0) is 24.3 Å². The van der Waals surface area contributed by atoms with E-state index >= 15 is 0 Å². The fourth-order valence-electron chi connectivity index (χ4n) is 2.59. The fourth-order valence-corrected chi connectivity index (χ4v) is 2.59. The van der Waals surface area contributed by atoms with Crippen molar-refractivity contribution in [2.75, 3.05) is 11.9 Å². The van der Waals surface area contributed by atoms with E-state index in [1.165, 1.54) is 12.1 Å². The molecule has 3 aromatic rings. The van der Waals surface area contributed by atoms with Crippen LogP contribution in [0.4, 0.5) is 18.9 Å². The summed E-state index contributed by atoms with van der Waals surface area (Å²) in [5, 5.41) is 4.41. The Morgan fingerprint density at radius 2 is 1.69 bits per heavy atom. The number of nitrogens with zero attached hydrogens (tertiary/aromatic N) is 1. The highest BCUT2D eigenvalue weighted by Crippen LogP contribution is 2.19. The molecule has 0 atom stereocenters. The molecule has 0 saturated heterocycles. The summed E-state index contributed by atoms with van der Waals surface area (Å²) in [4.78, 5) is 49.8. The van der Waals surface area contributed by atoms with Crippen molar-refractivity contribution < 1.29 is 22.8 Å². The number of amides is 2. The number of hydrogen-bond donors (Lipinski definition) is 3. The number of para-hydroxylation sites is 1. The molecule has 0 unspecified atom stereocenters. The van der Waals surface area contributed by atoms with Crippen LogP contribution in [0.1, 0.15) is 0 Å². The minimum atomic E-state index is -1.74. The average Bonchev–Trinajstić information content (AvgIpc) is 2.70. The number of benzene rings is 2. The van der Waals surface area contributed by atoms with Gasteiger partial charge in [0.05, 0.1) is 23.1 Å². The number of nitrogens with one attached hydrogen (secondary N) is 3. The van der Waals surface area contributed by atoms with E-state index in [4.69, 9.17) is 0 Å². The number of aromatic amines is 1. The van der Waals surface area contributed by atoms with Crippen LogP contribution in [-0.4, -0.2) is 27.9 Å². The van der Waals surface area contributed by atoms with Crippen LogP contribution in [0.3, 0.4) is 0 Å². The minimum Gasteiger partial charge on any atom is -0.345 e. The Bertz CT molecular complexity index is 1240. The maximum absolute atomic E-state index is 13.6. The number of fused-ring (bicyclic) bond motifs is 1. The Hall–Kier alpha value is -3.89. The number of halogens is 3. The lowest BCUT2D eigenvalue weighted by Gasteiger charge is -2.11. The van der Waals surface area contributed by atoms with Crippen LogP contribution >= 0.6 is 0 Å². The normalized spacial score (nSPS) is 10.7. The number of rotatable bonds is 5. The first-order valence-corrected chi connectivity index (χ1v) is 8.20. The molecule has 0 radical (unpaired) electrons. The van der Waals surface area contributed by atoms with Gasteiger partial charge in [-0.15, -0.1) is 0 Å². The van der Waals surface area contributed by atoms with Crippen LogP contribution in [0.25, 0.3) is 10.9 Å². The Balaban J connectivity index is 1.67. The number of H-pyrrole nitrogens is 1. The molecule has 1 heterocycles. The van der Waals surface area contributed by atoms with Gasteiger partial charge in [-0.3, -0.25) is 23.9 Å². The first kappa shape index (κ1) is 19.9. The highest BCUT2D eigenvalue weighted by molar-refractivity contribution is 5.94. The van der Waals surface area contributed by atoms with E-state index in [1.54, 1.807) is 12.1 Å². The van der Waals surface area contributed by atoms with Crippen LogP contribution in [-0.2, 0) is 16.1 Å². The summed E-state index contributed by atoms with van der Waals surface area (Å²) in [6, 6.07) is 7.61. The maximum atomic E-state index is 13.6. The molecule has 1 aromatic heterocycles. The van der Waals surface area contributed by atoms with Crippen molar-refractivity contribution in [3.05, 3.63) is 74.7 Å². The Kier molecular flexibility index (Phi) is 5.48. The van der Waals surface area contributed by atoms with Crippen molar-refractivity contribution >= 4 is 28.4 Å². The largest absolute Gasteiger partial charge is 0.345 e. The van der Waals surface area contributed by atoms with Gasteiger partial charge in [0.2, 0.25) is 11.8 Å². The zero-order valence-electron chi connectivity index (χ0n) is 14.6. The van der Waals surface area contributed by atoms with Crippen molar-refractivity contribution in [1.82, 2.24) is 14.9 Å². The lowest BCUT2D eigenvalue weighted by Crippen LogP contribution is -2.39. The van der Waals surface area contributed by atoms with Crippen LogP contribution in [0.2, 0.25) is 0 Å². The minimum absolute atomic E-state index is 0.200. The van der Waals surface area contributed by atoms with Gasteiger partial charge in [0, 0.05) is 0 Å². The molecule has 0 aliphatic carbocycles. The highest BCUT2D eigenvalue weighted by atomic mass is 19.2. The summed E-state index contributed by atoms with van der Waals surface area (Å²) in [6.45, 7) is -1.11. The molecular formula is C18H13F3N4O4. The third-order valence-electron chi connectivity index (χ3n) is 3.96. The summed E-state index contributed by atoms with van der Waals surface area (Å²) in [5.41, 5.74) is -1.77. The van der Waals surface area contributed by atoms with Gasteiger partial charge in [0.1, 0.15) is 6.54 Å². The second-order valence-electron chi connectivity index (χ2n) is 5.91. The van der Waals surface area contributed by atoms with Gasteiger partial charge in [-0.25, -0.2) is 18.0 Å². The number of aromatic nitrogens is 2. The summed E-state index contributed by atoms with van der Waals surface area (Å²) in [6.07, 6.45) is 0. The molecule has 8 nitrogen and oxygen atoms in total. The molecule has 0 aliphatic rings. The zero-order valence-corrected chi connectivity index (χ0v) is 14.6. The Labute approximate surface area is 160 Å². The maximum Gasteiger partial charge on any atom is 0.329 e. The van der Waals surface area contributed by atoms with Crippen LogP contribution in [0.5, 0.6) is 0 Å². The molecule has 0 saturated carbocycles. The predicted molar refractivity (Wildman–Crippen MR) is 96.8 cm³/mol. The predicted octanol–water partition coefficient (Wildman–Crippen LogP) is 0.862. The van der Waals surface area contributed by atoms with Crippen LogP contribution in [0.15, 0.2) is 46.0 Å². The summed E-state index contributed by atoms with van der Waals surface area (Å²) >= 11 is 0. The molecule has 150 valence electrons. The van der Waals surface area contributed by atoms with E-state index < -0.39 is 59.3 Å². The van der Waals surface area contributed by atoms with Gasteiger partial charge in [-0.2, -0.15) is 0 Å². The van der Waals surface area contributed by atoms with Crippen molar-refractivity contribution in [3.8, 4) is 0 Å². The monoisotopic (exact) mass is 406 g/mol. The second-order valence-corrected chi connectivity index (χ2v) is 5.91. The molecule has 0 spiro atoms. The molecule has 0 bridgehead atoms. The van der Waals surface area contributed by atoms with E-state index in [1.807, 2.05) is 5.32 Å². The smallest absolute Gasteiger partial charge is 0.329 e. The molecule has 0 fully saturated rings. The average molecular weight is 406 g/mol. The van der Waals surface area contributed by atoms with Gasteiger partial charge in [0.15, 0.2) is 17.5 Å². The lowest BCUT2D eigenvalue weighted by atomic mass is 10.2. The molecule has 2 amide bonds. The summed E-state index contributed by atoms with van der Waals surface area (Å²) in [7, 11) is 0. The topological polar surface area (TPSA) is 113 Å². The summed E-state index contributed by atoms with van der Waals surface area (Å²) in [5.74, 6) is -6.37. The van der Waals surface area contributed by atoms with Crippen LogP contribution < -0.4 is 21.9 Å². The second kappa shape index (κ2) is 8.00. The quantitative estimate of drug-likeness (QED) is 0.546. The molecule has 0 aliphatic heterocycles. The standard InChI is InChI=1S/C18H13F3N4O4/c19-10-5-6-11(16(21)15(10)20)23-13(26)7-22-14(27)8-25-12-4-2-1-3-9(12)17(28)24-18(25)29/h1-6H,7-8H2,(H,22,27)(H,23,26)(H,24,28,29). The van der Waals surface area contributed by atoms with Gasteiger partial charge < -0.3 is 10.6 Å². The van der Waals surface area contributed by atoms with E-state index in [0.29, 0.717) is 6.07 Å². The number of anilines is 1. The molecule has 29 heavy (non-hydrogen) atoms. The number of carbonyl (C=O) groups is 2. The summed E-state index contributed by atoms with van der Waals surface area (Å²) < 4.78 is 40.6. The molecule has 11 heteroatoms. The third-order valence-corrected chi connectivity index (χ3v) is 3.96. The Morgan fingerprint density at radius 3 is 2.45 bits per heavy atom. The molecule has 2 aromatic carbocycles. The lowest BCUT2D eigenvalue weighted by molar-refractivity contribution is -0.124. The number of carbonyl (C=O) groups excluding carboxylic acids is 2. The van der Waals surface area contributed by atoms with Crippen molar-refractivity contribution in [3.63, 3.8) is 0 Å². The molecule has 3 N–H and O–H groups in total. The molecular weight excluding hydrogens is 393 g/mol.